The molecule has 1 N–H and O–H groups in total. The summed E-state index contributed by atoms with van der Waals surface area (Å²) in [6, 6.07) is 0. The van der Waals surface area contributed by atoms with Gasteiger partial charge in [-0.3, -0.25) is 13.9 Å². The zero-order valence-corrected chi connectivity index (χ0v) is 12.1. The molecule has 2 heterocycles. The zero-order chi connectivity index (χ0) is 14.7. The monoisotopic (exact) mass is 279 g/mol. The van der Waals surface area contributed by atoms with Crippen molar-refractivity contribution in [2.45, 2.75) is 38.5 Å². The van der Waals surface area contributed by atoms with Crippen molar-refractivity contribution < 1.29 is 5.11 Å². The molecule has 0 saturated carbocycles. The summed E-state index contributed by atoms with van der Waals surface area (Å²) in [5, 5.41) is 8.72. The second-order valence-corrected chi connectivity index (χ2v) is 5.25. The number of aromatic nitrogens is 2. The standard InChI is InChI=1S/C14H21N3O3/c1-16-12-11(13(19)17(2)14(16)20)9-10(15-12)7-5-3-4-6-8-18/h18H,3-9H2,1-2H3. The molecule has 0 atom stereocenters. The minimum absolute atomic E-state index is 0.234. The Hall–Kier alpha value is -1.69. The van der Waals surface area contributed by atoms with Crippen molar-refractivity contribution in [2.75, 3.05) is 6.61 Å². The number of fused-ring (bicyclic) bond motifs is 1. The van der Waals surface area contributed by atoms with Crippen molar-refractivity contribution in [3.63, 3.8) is 0 Å². The molecule has 0 radical (unpaired) electrons. The van der Waals surface area contributed by atoms with Crippen LogP contribution in [0.2, 0.25) is 0 Å². The Morgan fingerprint density at radius 2 is 1.80 bits per heavy atom. The molecule has 0 saturated heterocycles. The summed E-state index contributed by atoms with van der Waals surface area (Å²) in [4.78, 5) is 28.3. The van der Waals surface area contributed by atoms with Crippen LogP contribution in [0.15, 0.2) is 14.6 Å². The van der Waals surface area contributed by atoms with Gasteiger partial charge in [0.25, 0.3) is 5.56 Å². The third-order valence-electron chi connectivity index (χ3n) is 3.74. The maximum atomic E-state index is 12.0. The van der Waals surface area contributed by atoms with Gasteiger partial charge in [0, 0.05) is 32.8 Å². The highest BCUT2D eigenvalue weighted by molar-refractivity contribution is 5.93. The quantitative estimate of drug-likeness (QED) is 0.777. The van der Waals surface area contributed by atoms with E-state index in [1.807, 2.05) is 0 Å². The lowest BCUT2D eigenvalue weighted by molar-refractivity contribution is 0.282. The third kappa shape index (κ3) is 2.75. The van der Waals surface area contributed by atoms with Gasteiger partial charge in [0.05, 0.1) is 5.56 Å². The minimum Gasteiger partial charge on any atom is -0.396 e. The van der Waals surface area contributed by atoms with E-state index in [9.17, 15) is 9.59 Å². The largest absolute Gasteiger partial charge is 0.396 e. The van der Waals surface area contributed by atoms with E-state index in [1.165, 1.54) is 11.6 Å². The molecule has 110 valence electrons. The smallest absolute Gasteiger partial charge is 0.332 e. The van der Waals surface area contributed by atoms with E-state index >= 15 is 0 Å². The minimum atomic E-state index is -0.332. The predicted molar refractivity (Wildman–Crippen MR) is 77.9 cm³/mol. The van der Waals surface area contributed by atoms with E-state index in [0.29, 0.717) is 17.8 Å². The maximum absolute atomic E-state index is 12.0. The Morgan fingerprint density at radius 1 is 1.10 bits per heavy atom. The van der Waals surface area contributed by atoms with Crippen LogP contribution in [0, 0.1) is 0 Å². The fourth-order valence-corrected chi connectivity index (χ4v) is 2.53. The van der Waals surface area contributed by atoms with Crippen LogP contribution in [0.5, 0.6) is 0 Å². The molecule has 0 spiro atoms. The molecule has 0 amide bonds. The van der Waals surface area contributed by atoms with E-state index in [1.54, 1.807) is 7.05 Å². The number of hydrogen-bond donors (Lipinski definition) is 1. The molecule has 0 unspecified atom stereocenters. The van der Waals surface area contributed by atoms with Gasteiger partial charge in [-0.2, -0.15) is 0 Å². The van der Waals surface area contributed by atoms with Gasteiger partial charge < -0.3 is 5.11 Å². The molecule has 1 aliphatic rings. The molecule has 0 aliphatic carbocycles. The molecule has 20 heavy (non-hydrogen) atoms. The van der Waals surface area contributed by atoms with Crippen LogP contribution in [0.25, 0.3) is 0 Å². The average Bonchev–Trinajstić information content (AvgIpc) is 2.87. The lowest BCUT2D eigenvalue weighted by Crippen LogP contribution is -2.38. The highest BCUT2D eigenvalue weighted by atomic mass is 16.3. The first-order valence-electron chi connectivity index (χ1n) is 7.02. The van der Waals surface area contributed by atoms with Crippen LogP contribution < -0.4 is 11.2 Å². The molecule has 1 aliphatic heterocycles. The molecule has 0 fully saturated rings. The first kappa shape index (κ1) is 14.7. The van der Waals surface area contributed by atoms with Crippen LogP contribution in [0.3, 0.4) is 0 Å². The number of hydrogen-bond acceptors (Lipinski definition) is 4. The number of rotatable bonds is 6. The summed E-state index contributed by atoms with van der Waals surface area (Å²) in [7, 11) is 3.14. The topological polar surface area (TPSA) is 76.6 Å². The predicted octanol–water partition coefficient (Wildman–Crippen LogP) is 0.655. The zero-order valence-electron chi connectivity index (χ0n) is 12.1. The lowest BCUT2D eigenvalue weighted by atomic mass is 10.1. The second-order valence-electron chi connectivity index (χ2n) is 5.25. The van der Waals surface area contributed by atoms with E-state index in [4.69, 9.17) is 5.11 Å². The van der Waals surface area contributed by atoms with Crippen LogP contribution in [-0.2, 0) is 20.5 Å². The van der Waals surface area contributed by atoms with Gasteiger partial charge in [0.2, 0.25) is 0 Å². The van der Waals surface area contributed by atoms with Crippen LogP contribution in [-0.4, -0.2) is 26.6 Å². The Kier molecular flexibility index (Phi) is 4.54. The molecule has 1 aromatic rings. The number of aliphatic imine (C=N–C) groups is 1. The number of nitrogens with zero attached hydrogens (tertiary/aromatic N) is 3. The SMILES string of the molecule is Cn1c2c(c(=O)n(C)c1=O)CC(CCCCCCO)=N2. The first-order valence-corrected chi connectivity index (χ1v) is 7.02. The number of aliphatic hydroxyl groups excluding tert-OH is 1. The normalized spacial score (nSPS) is 13.4. The van der Waals surface area contributed by atoms with Gasteiger partial charge in [-0.25, -0.2) is 9.79 Å². The summed E-state index contributed by atoms with van der Waals surface area (Å²) in [6.45, 7) is 0.241. The molecule has 2 rings (SSSR count). The van der Waals surface area contributed by atoms with Gasteiger partial charge in [-0.05, 0) is 19.3 Å². The maximum Gasteiger partial charge on any atom is 0.332 e. The van der Waals surface area contributed by atoms with Gasteiger partial charge in [-0.15, -0.1) is 0 Å². The molecule has 6 nitrogen and oxygen atoms in total. The molecular weight excluding hydrogens is 258 g/mol. The van der Waals surface area contributed by atoms with Crippen molar-refractivity contribution >= 4 is 11.5 Å². The van der Waals surface area contributed by atoms with Gasteiger partial charge in [0.1, 0.15) is 5.82 Å². The van der Waals surface area contributed by atoms with Gasteiger partial charge in [0.15, 0.2) is 0 Å². The first-order chi connectivity index (χ1) is 9.56. The van der Waals surface area contributed by atoms with Crippen LogP contribution >= 0.6 is 0 Å². The number of aliphatic hydroxyl groups is 1. The highest BCUT2D eigenvalue weighted by Crippen LogP contribution is 2.23. The highest BCUT2D eigenvalue weighted by Gasteiger charge is 2.22. The summed E-state index contributed by atoms with van der Waals surface area (Å²) >= 11 is 0. The Balaban J connectivity index is 2.08. The summed E-state index contributed by atoms with van der Waals surface area (Å²) in [5.74, 6) is 0.517. The fraction of sp³-hybridized carbons (Fsp3) is 0.643. The van der Waals surface area contributed by atoms with Crippen molar-refractivity contribution in [3.8, 4) is 0 Å². The van der Waals surface area contributed by atoms with Crippen molar-refractivity contribution in [2.24, 2.45) is 19.1 Å². The molecular formula is C14H21N3O3. The van der Waals surface area contributed by atoms with Gasteiger partial charge >= 0.3 is 5.69 Å². The third-order valence-corrected chi connectivity index (χ3v) is 3.74. The summed E-state index contributed by atoms with van der Waals surface area (Å²) in [5.41, 5.74) is 1.03. The Morgan fingerprint density at radius 3 is 2.50 bits per heavy atom. The molecule has 6 heteroatoms. The van der Waals surface area contributed by atoms with E-state index in [0.717, 1.165) is 42.4 Å². The van der Waals surface area contributed by atoms with Crippen LogP contribution in [0.1, 0.15) is 37.7 Å². The van der Waals surface area contributed by atoms with E-state index < -0.39 is 0 Å². The van der Waals surface area contributed by atoms with E-state index in [2.05, 4.69) is 4.99 Å². The molecule has 0 aromatic carbocycles. The molecule has 1 aromatic heterocycles. The van der Waals surface area contributed by atoms with Crippen molar-refractivity contribution in [1.29, 1.82) is 0 Å². The molecule has 0 bridgehead atoms. The lowest BCUT2D eigenvalue weighted by Gasteiger charge is -2.05. The second kappa shape index (κ2) is 6.17. The Labute approximate surface area is 117 Å². The summed E-state index contributed by atoms with van der Waals surface area (Å²) in [6.07, 6.45) is 5.29. The summed E-state index contributed by atoms with van der Waals surface area (Å²) < 4.78 is 2.58. The van der Waals surface area contributed by atoms with Crippen LogP contribution in [0.4, 0.5) is 5.82 Å². The average molecular weight is 279 g/mol. The van der Waals surface area contributed by atoms with Crippen molar-refractivity contribution in [1.82, 2.24) is 9.13 Å². The Bertz CT molecular complexity index is 640. The van der Waals surface area contributed by atoms with E-state index in [-0.39, 0.29) is 17.9 Å². The number of unbranched alkanes of at least 4 members (excludes halogenated alkanes) is 3. The fourth-order valence-electron chi connectivity index (χ4n) is 2.53. The van der Waals surface area contributed by atoms with Gasteiger partial charge in [-0.1, -0.05) is 12.8 Å². The van der Waals surface area contributed by atoms with Crippen molar-refractivity contribution in [3.05, 3.63) is 26.4 Å².